The molecule has 0 rings (SSSR count). The largest absolute Gasteiger partial charge is 0.481 e. The van der Waals surface area contributed by atoms with Crippen LogP contribution in [0, 0.1) is 0 Å². The van der Waals surface area contributed by atoms with E-state index in [1.807, 2.05) is 6.26 Å². The summed E-state index contributed by atoms with van der Waals surface area (Å²) >= 11 is 1.55. The number of carboxylic acid groups (broad SMARTS) is 1. The van der Waals surface area contributed by atoms with E-state index in [4.69, 9.17) is 5.11 Å². The molecule has 1 amide bonds. The van der Waals surface area contributed by atoms with Gasteiger partial charge in [-0.1, -0.05) is 0 Å². The molecule has 0 unspecified atom stereocenters. The van der Waals surface area contributed by atoms with Crippen molar-refractivity contribution < 1.29 is 24.2 Å². The predicted molar refractivity (Wildman–Crippen MR) is 63.8 cm³/mol. The zero-order chi connectivity index (χ0) is 13.3. The van der Waals surface area contributed by atoms with Crippen LogP contribution in [0.1, 0.15) is 19.3 Å². The fraction of sp³-hybridized carbons (Fsp3) is 0.700. The number of aliphatic carboxylic acids is 1. The smallest absolute Gasteiger partial charge is 0.328 e. The third-order valence-electron chi connectivity index (χ3n) is 2.00. The number of nitrogens with one attached hydrogen (secondary N) is 1. The minimum absolute atomic E-state index is 0.137. The number of hydrogen-bond donors (Lipinski definition) is 2. The molecule has 0 aromatic heterocycles. The normalized spacial score (nSPS) is 11.6. The lowest BCUT2D eigenvalue weighted by molar-refractivity contribution is -0.145. The molecule has 0 aromatic rings. The summed E-state index contributed by atoms with van der Waals surface area (Å²) in [6.07, 6.45) is 1.97. The van der Waals surface area contributed by atoms with Crippen molar-refractivity contribution in [2.75, 3.05) is 19.1 Å². The summed E-state index contributed by atoms with van der Waals surface area (Å²) in [6.45, 7) is 0. The highest BCUT2D eigenvalue weighted by Gasteiger charge is 2.20. The lowest BCUT2D eigenvalue weighted by Gasteiger charge is -2.15. The first-order chi connectivity index (χ1) is 8.01. The van der Waals surface area contributed by atoms with Crippen molar-refractivity contribution in [3.05, 3.63) is 0 Å². The first kappa shape index (κ1) is 15.8. The Morgan fingerprint density at radius 1 is 1.35 bits per heavy atom. The molecule has 0 aliphatic heterocycles. The predicted octanol–water partition coefficient (Wildman–Crippen LogP) is 0.262. The Labute approximate surface area is 104 Å². The van der Waals surface area contributed by atoms with Crippen LogP contribution in [0.4, 0.5) is 0 Å². The van der Waals surface area contributed by atoms with Gasteiger partial charge in [0.25, 0.3) is 0 Å². The second-order valence-electron chi connectivity index (χ2n) is 3.32. The van der Waals surface area contributed by atoms with Crippen molar-refractivity contribution in [1.29, 1.82) is 0 Å². The van der Waals surface area contributed by atoms with Crippen molar-refractivity contribution >= 4 is 29.6 Å². The topological polar surface area (TPSA) is 92.7 Å². The summed E-state index contributed by atoms with van der Waals surface area (Å²) < 4.78 is 4.56. The summed E-state index contributed by atoms with van der Waals surface area (Å²) in [4.78, 5) is 33.0. The van der Waals surface area contributed by atoms with E-state index >= 15 is 0 Å². The van der Waals surface area contributed by atoms with Gasteiger partial charge < -0.3 is 15.2 Å². The fourth-order valence-corrected chi connectivity index (χ4v) is 1.59. The van der Waals surface area contributed by atoms with Crippen LogP contribution in [0.2, 0.25) is 0 Å². The molecule has 1 atom stereocenters. The molecule has 17 heavy (non-hydrogen) atoms. The Kier molecular flexibility index (Phi) is 8.21. The Bertz CT molecular complexity index is 282. The van der Waals surface area contributed by atoms with Gasteiger partial charge in [-0.05, 0) is 18.4 Å². The van der Waals surface area contributed by atoms with Crippen molar-refractivity contribution in [3.63, 3.8) is 0 Å². The molecule has 0 fully saturated rings. The fourth-order valence-electron chi connectivity index (χ4n) is 1.11. The molecule has 0 saturated heterocycles. The van der Waals surface area contributed by atoms with E-state index in [0.717, 1.165) is 0 Å². The van der Waals surface area contributed by atoms with E-state index < -0.39 is 23.9 Å². The van der Waals surface area contributed by atoms with Crippen LogP contribution in [0.3, 0.4) is 0 Å². The van der Waals surface area contributed by atoms with Gasteiger partial charge in [-0.3, -0.25) is 9.59 Å². The van der Waals surface area contributed by atoms with Gasteiger partial charge in [0, 0.05) is 6.42 Å². The Balaban J connectivity index is 4.17. The number of carbonyl (C=O) groups excluding carboxylic acids is 2. The lowest BCUT2D eigenvalue weighted by Crippen LogP contribution is -2.42. The van der Waals surface area contributed by atoms with Crippen molar-refractivity contribution in [2.45, 2.75) is 25.3 Å². The van der Waals surface area contributed by atoms with Gasteiger partial charge in [0.1, 0.15) is 6.04 Å². The van der Waals surface area contributed by atoms with Gasteiger partial charge in [-0.25, -0.2) is 4.79 Å². The van der Waals surface area contributed by atoms with Crippen LogP contribution in [0.5, 0.6) is 0 Å². The monoisotopic (exact) mass is 263 g/mol. The Hall–Kier alpha value is -1.24. The SMILES string of the molecule is COC(=O)[C@H](CCSC)NC(=O)CCC(=O)O. The summed E-state index contributed by atoms with van der Waals surface area (Å²) in [5, 5.41) is 10.9. The van der Waals surface area contributed by atoms with Crippen molar-refractivity contribution in [1.82, 2.24) is 5.32 Å². The second kappa shape index (κ2) is 8.86. The molecule has 0 saturated carbocycles. The molecule has 0 radical (unpaired) electrons. The highest BCUT2D eigenvalue weighted by atomic mass is 32.2. The van der Waals surface area contributed by atoms with E-state index in [1.165, 1.54) is 7.11 Å². The van der Waals surface area contributed by atoms with E-state index in [0.29, 0.717) is 12.2 Å². The minimum Gasteiger partial charge on any atom is -0.481 e. The summed E-state index contributed by atoms with van der Waals surface area (Å²) in [7, 11) is 1.25. The van der Waals surface area contributed by atoms with Gasteiger partial charge in [-0.2, -0.15) is 11.8 Å². The van der Waals surface area contributed by atoms with E-state index in [9.17, 15) is 14.4 Å². The van der Waals surface area contributed by atoms with Crippen molar-refractivity contribution in [2.24, 2.45) is 0 Å². The summed E-state index contributed by atoms with van der Waals surface area (Å²) in [5.41, 5.74) is 0. The van der Waals surface area contributed by atoms with E-state index in [2.05, 4.69) is 10.1 Å². The summed E-state index contributed by atoms with van der Waals surface area (Å²) in [6, 6.07) is -0.700. The molecular weight excluding hydrogens is 246 g/mol. The zero-order valence-electron chi connectivity index (χ0n) is 9.89. The molecule has 6 nitrogen and oxygen atoms in total. The molecule has 0 spiro atoms. The number of carbonyl (C=O) groups is 3. The lowest BCUT2D eigenvalue weighted by atomic mass is 10.2. The van der Waals surface area contributed by atoms with Crippen LogP contribution in [0.25, 0.3) is 0 Å². The maximum atomic E-state index is 11.4. The number of carboxylic acids is 1. The Morgan fingerprint density at radius 2 is 2.00 bits per heavy atom. The minimum atomic E-state index is -1.04. The molecule has 98 valence electrons. The van der Waals surface area contributed by atoms with Gasteiger partial charge in [0.2, 0.25) is 5.91 Å². The quantitative estimate of drug-likeness (QED) is 0.610. The average Bonchev–Trinajstić information content (AvgIpc) is 2.30. The zero-order valence-corrected chi connectivity index (χ0v) is 10.7. The van der Waals surface area contributed by atoms with E-state index in [1.54, 1.807) is 11.8 Å². The van der Waals surface area contributed by atoms with Crippen LogP contribution >= 0.6 is 11.8 Å². The molecule has 2 N–H and O–H groups in total. The van der Waals surface area contributed by atoms with Crippen LogP contribution in [-0.4, -0.2) is 48.1 Å². The highest BCUT2D eigenvalue weighted by molar-refractivity contribution is 7.98. The highest BCUT2D eigenvalue weighted by Crippen LogP contribution is 2.03. The molecule has 0 aliphatic rings. The standard InChI is InChI=1S/C10H17NO5S/c1-16-10(15)7(5-6-17-2)11-8(12)3-4-9(13)14/h7H,3-6H2,1-2H3,(H,11,12)(H,13,14)/t7-/m0/s1. The third-order valence-corrected chi connectivity index (χ3v) is 2.64. The van der Waals surface area contributed by atoms with Crippen LogP contribution < -0.4 is 5.32 Å². The molecule has 7 heteroatoms. The number of methoxy groups -OCH3 is 1. The van der Waals surface area contributed by atoms with Gasteiger partial charge in [0.05, 0.1) is 13.5 Å². The first-order valence-corrected chi connectivity index (χ1v) is 6.48. The van der Waals surface area contributed by atoms with E-state index in [-0.39, 0.29) is 12.8 Å². The number of rotatable bonds is 8. The van der Waals surface area contributed by atoms with Crippen molar-refractivity contribution in [3.8, 4) is 0 Å². The molecule has 0 aliphatic carbocycles. The van der Waals surface area contributed by atoms with Crippen LogP contribution in [0.15, 0.2) is 0 Å². The molecule has 0 bridgehead atoms. The number of hydrogen-bond acceptors (Lipinski definition) is 5. The first-order valence-electron chi connectivity index (χ1n) is 5.09. The number of esters is 1. The van der Waals surface area contributed by atoms with Crippen LogP contribution in [-0.2, 0) is 19.1 Å². The number of thioether (sulfide) groups is 1. The van der Waals surface area contributed by atoms with Gasteiger partial charge >= 0.3 is 11.9 Å². The average molecular weight is 263 g/mol. The number of ether oxygens (including phenoxy) is 1. The maximum Gasteiger partial charge on any atom is 0.328 e. The maximum absolute atomic E-state index is 11.4. The summed E-state index contributed by atoms with van der Waals surface area (Å²) in [5.74, 6) is -1.30. The number of amides is 1. The van der Waals surface area contributed by atoms with Gasteiger partial charge in [-0.15, -0.1) is 0 Å². The third kappa shape index (κ3) is 7.62. The molecular formula is C10H17NO5S. The molecule has 0 aromatic carbocycles. The van der Waals surface area contributed by atoms with Gasteiger partial charge in [0.15, 0.2) is 0 Å². The second-order valence-corrected chi connectivity index (χ2v) is 4.30. The Morgan fingerprint density at radius 3 is 2.47 bits per heavy atom. The molecule has 0 heterocycles.